The Morgan fingerprint density at radius 2 is 1.50 bits per heavy atom. The first-order chi connectivity index (χ1) is 9.72. The molecule has 118 valence electrons. The first kappa shape index (κ1) is 16.3. The summed E-state index contributed by atoms with van der Waals surface area (Å²) < 4.78 is 0. The second-order valence-electron chi connectivity index (χ2n) is 7.36. The van der Waals surface area contributed by atoms with Crippen molar-refractivity contribution < 1.29 is 0 Å². The van der Waals surface area contributed by atoms with Gasteiger partial charge < -0.3 is 10.6 Å². The minimum Gasteiger partial charge on any atom is -0.327 e. The molecule has 2 nitrogen and oxygen atoms in total. The van der Waals surface area contributed by atoms with Gasteiger partial charge >= 0.3 is 0 Å². The van der Waals surface area contributed by atoms with Gasteiger partial charge in [-0.05, 0) is 45.1 Å². The standard InChI is InChI=1S/C18H36N2/c1-3-4-5-6-7-8-9-10-18(19)15-13-16-11-12-17(14-15)20(16)2/h15-18H,3-14,19H2,1-2H3. The van der Waals surface area contributed by atoms with E-state index in [4.69, 9.17) is 5.73 Å². The molecule has 2 rings (SSSR count). The summed E-state index contributed by atoms with van der Waals surface area (Å²) in [6.07, 6.45) is 16.6. The third kappa shape index (κ3) is 4.46. The molecule has 2 heterocycles. The molecule has 3 atom stereocenters. The molecule has 0 radical (unpaired) electrons. The van der Waals surface area contributed by atoms with Gasteiger partial charge in [-0.3, -0.25) is 0 Å². The Kier molecular flexibility index (Phi) is 6.83. The maximum atomic E-state index is 6.49. The van der Waals surface area contributed by atoms with Crippen LogP contribution in [0.3, 0.4) is 0 Å². The Bertz CT molecular complexity index is 252. The average molecular weight is 280 g/mol. The maximum Gasteiger partial charge on any atom is 0.00989 e. The summed E-state index contributed by atoms with van der Waals surface area (Å²) in [5.41, 5.74) is 6.49. The van der Waals surface area contributed by atoms with Crippen molar-refractivity contribution in [2.75, 3.05) is 7.05 Å². The quantitative estimate of drug-likeness (QED) is 0.637. The summed E-state index contributed by atoms with van der Waals surface area (Å²) in [4.78, 5) is 2.62. The summed E-state index contributed by atoms with van der Waals surface area (Å²) in [6, 6.07) is 2.17. The largest absolute Gasteiger partial charge is 0.327 e. The lowest BCUT2D eigenvalue weighted by molar-refractivity contribution is 0.118. The third-order valence-electron chi connectivity index (χ3n) is 5.88. The molecule has 0 saturated carbocycles. The number of nitrogens with two attached hydrogens (primary N) is 1. The molecule has 2 aliphatic rings. The summed E-state index contributed by atoms with van der Waals surface area (Å²) >= 11 is 0. The number of piperidine rings is 1. The van der Waals surface area contributed by atoms with E-state index in [-0.39, 0.29) is 0 Å². The van der Waals surface area contributed by atoms with Crippen molar-refractivity contribution in [2.24, 2.45) is 11.7 Å². The summed E-state index contributed by atoms with van der Waals surface area (Å²) in [5.74, 6) is 0.809. The molecule has 0 aliphatic carbocycles. The zero-order valence-electron chi connectivity index (χ0n) is 13.8. The van der Waals surface area contributed by atoms with Crippen LogP contribution < -0.4 is 5.73 Å². The first-order valence-electron chi connectivity index (χ1n) is 9.20. The Labute approximate surface area is 126 Å². The van der Waals surface area contributed by atoms with Crippen molar-refractivity contribution in [2.45, 2.75) is 102 Å². The van der Waals surface area contributed by atoms with Gasteiger partial charge in [0.25, 0.3) is 0 Å². The second-order valence-corrected chi connectivity index (χ2v) is 7.36. The van der Waals surface area contributed by atoms with Crippen molar-refractivity contribution in [3.05, 3.63) is 0 Å². The van der Waals surface area contributed by atoms with Crippen LogP contribution in [0.25, 0.3) is 0 Å². The minimum absolute atomic E-state index is 0.474. The van der Waals surface area contributed by atoms with E-state index in [1.54, 1.807) is 0 Å². The average Bonchev–Trinajstić information content (AvgIpc) is 2.68. The molecule has 3 unspecified atom stereocenters. The van der Waals surface area contributed by atoms with Crippen molar-refractivity contribution in [3.8, 4) is 0 Å². The molecule has 2 aliphatic heterocycles. The highest BCUT2D eigenvalue weighted by Crippen LogP contribution is 2.39. The highest BCUT2D eigenvalue weighted by atomic mass is 15.2. The predicted octanol–water partition coefficient (Wildman–Crippen LogP) is 4.33. The van der Waals surface area contributed by atoms with Crippen LogP contribution >= 0.6 is 0 Å². The van der Waals surface area contributed by atoms with Gasteiger partial charge in [-0.2, -0.15) is 0 Å². The van der Waals surface area contributed by atoms with Gasteiger partial charge in [-0.15, -0.1) is 0 Å². The van der Waals surface area contributed by atoms with Crippen molar-refractivity contribution >= 4 is 0 Å². The molecular weight excluding hydrogens is 244 g/mol. The van der Waals surface area contributed by atoms with Gasteiger partial charge in [0.15, 0.2) is 0 Å². The molecule has 20 heavy (non-hydrogen) atoms. The molecule has 0 amide bonds. The fraction of sp³-hybridized carbons (Fsp3) is 1.00. The smallest absolute Gasteiger partial charge is 0.00989 e. The zero-order valence-corrected chi connectivity index (χ0v) is 13.8. The Morgan fingerprint density at radius 1 is 0.950 bits per heavy atom. The Balaban J connectivity index is 1.55. The minimum atomic E-state index is 0.474. The fourth-order valence-corrected chi connectivity index (χ4v) is 4.38. The summed E-state index contributed by atoms with van der Waals surface area (Å²) in [7, 11) is 2.32. The highest BCUT2D eigenvalue weighted by Gasteiger charge is 2.39. The fourth-order valence-electron chi connectivity index (χ4n) is 4.38. The van der Waals surface area contributed by atoms with Crippen LogP contribution in [0.1, 0.15) is 84.0 Å². The van der Waals surface area contributed by atoms with Crippen LogP contribution in [-0.2, 0) is 0 Å². The van der Waals surface area contributed by atoms with Gasteiger partial charge in [0.05, 0.1) is 0 Å². The van der Waals surface area contributed by atoms with Gasteiger partial charge in [0.2, 0.25) is 0 Å². The number of hydrogen-bond donors (Lipinski definition) is 1. The number of fused-ring (bicyclic) bond motifs is 2. The van der Waals surface area contributed by atoms with E-state index in [2.05, 4.69) is 18.9 Å². The number of nitrogens with zero attached hydrogens (tertiary/aromatic N) is 1. The highest BCUT2D eigenvalue weighted by molar-refractivity contribution is 4.95. The normalized spacial score (nSPS) is 31.6. The lowest BCUT2D eigenvalue weighted by atomic mass is 9.83. The van der Waals surface area contributed by atoms with E-state index in [1.807, 2.05) is 0 Å². The molecule has 0 spiro atoms. The molecule has 2 N–H and O–H groups in total. The van der Waals surface area contributed by atoms with Crippen LogP contribution in [0, 0.1) is 5.92 Å². The van der Waals surface area contributed by atoms with Crippen molar-refractivity contribution in [1.29, 1.82) is 0 Å². The van der Waals surface area contributed by atoms with Crippen molar-refractivity contribution in [3.63, 3.8) is 0 Å². The van der Waals surface area contributed by atoms with E-state index in [9.17, 15) is 0 Å². The van der Waals surface area contributed by atoms with E-state index in [0.29, 0.717) is 6.04 Å². The molecule has 2 heteroatoms. The van der Waals surface area contributed by atoms with Crippen LogP contribution in [0.2, 0.25) is 0 Å². The SMILES string of the molecule is CCCCCCCCCC(N)C1CC2CCC(C1)N2C. The van der Waals surface area contributed by atoms with Gasteiger partial charge in [-0.1, -0.05) is 51.9 Å². The van der Waals surface area contributed by atoms with E-state index in [0.717, 1.165) is 18.0 Å². The number of unbranched alkanes of at least 4 members (excludes halogenated alkanes) is 6. The summed E-state index contributed by atoms with van der Waals surface area (Å²) in [6.45, 7) is 2.29. The lowest BCUT2D eigenvalue weighted by Gasteiger charge is -2.38. The monoisotopic (exact) mass is 280 g/mol. The topological polar surface area (TPSA) is 29.3 Å². The number of rotatable bonds is 9. The van der Waals surface area contributed by atoms with Gasteiger partial charge in [0, 0.05) is 18.1 Å². The molecule has 2 saturated heterocycles. The summed E-state index contributed by atoms with van der Waals surface area (Å²) in [5, 5.41) is 0. The molecule has 0 aromatic rings. The number of hydrogen-bond acceptors (Lipinski definition) is 2. The van der Waals surface area contributed by atoms with Crippen LogP contribution in [-0.4, -0.2) is 30.1 Å². The molecular formula is C18H36N2. The molecule has 2 fully saturated rings. The molecule has 0 aromatic carbocycles. The predicted molar refractivity (Wildman–Crippen MR) is 87.9 cm³/mol. The Hall–Kier alpha value is -0.0800. The lowest BCUT2D eigenvalue weighted by Crippen LogP contribution is -2.45. The van der Waals surface area contributed by atoms with E-state index in [1.165, 1.54) is 77.0 Å². The van der Waals surface area contributed by atoms with Gasteiger partial charge in [0.1, 0.15) is 0 Å². The molecule has 0 aromatic heterocycles. The maximum absolute atomic E-state index is 6.49. The second kappa shape index (κ2) is 8.38. The van der Waals surface area contributed by atoms with Crippen molar-refractivity contribution in [1.82, 2.24) is 4.90 Å². The van der Waals surface area contributed by atoms with Crippen LogP contribution in [0.5, 0.6) is 0 Å². The van der Waals surface area contributed by atoms with Crippen LogP contribution in [0.4, 0.5) is 0 Å². The zero-order chi connectivity index (χ0) is 14.4. The van der Waals surface area contributed by atoms with Crippen LogP contribution in [0.15, 0.2) is 0 Å². The molecule has 2 bridgehead atoms. The van der Waals surface area contributed by atoms with E-state index >= 15 is 0 Å². The van der Waals surface area contributed by atoms with Gasteiger partial charge in [-0.25, -0.2) is 0 Å². The first-order valence-corrected chi connectivity index (χ1v) is 9.20. The Morgan fingerprint density at radius 3 is 2.10 bits per heavy atom. The van der Waals surface area contributed by atoms with E-state index < -0.39 is 0 Å². The third-order valence-corrected chi connectivity index (χ3v) is 5.88.